The molecule has 0 radical (unpaired) electrons. The van der Waals surface area contributed by atoms with Crippen LogP contribution in [0.25, 0.3) is 0 Å². The highest BCUT2D eigenvalue weighted by Gasteiger charge is 2.51. The van der Waals surface area contributed by atoms with Crippen LogP contribution in [-0.2, 0) is 4.79 Å². The van der Waals surface area contributed by atoms with Gasteiger partial charge in [0.05, 0.1) is 18.8 Å². The van der Waals surface area contributed by atoms with Crippen molar-refractivity contribution in [2.75, 3.05) is 38.8 Å². The summed E-state index contributed by atoms with van der Waals surface area (Å²) in [6.45, 7) is 4.26. The molecule has 1 aromatic carbocycles. The zero-order chi connectivity index (χ0) is 20.9. The molecule has 2 heterocycles. The molecule has 2 aliphatic heterocycles. The molecule has 0 aliphatic carbocycles. The van der Waals surface area contributed by atoms with E-state index < -0.39 is 0 Å². The van der Waals surface area contributed by atoms with E-state index in [1.165, 1.54) is 0 Å². The Hall–Kier alpha value is -1.73. The second kappa shape index (κ2) is 9.85. The molecule has 2 amide bonds. The van der Waals surface area contributed by atoms with Crippen molar-refractivity contribution in [3.8, 4) is 5.75 Å². The number of amides is 2. The molecule has 1 atom stereocenters. The van der Waals surface area contributed by atoms with Gasteiger partial charge in [0.25, 0.3) is 5.91 Å². The summed E-state index contributed by atoms with van der Waals surface area (Å²) >= 11 is 1.78. The highest BCUT2D eigenvalue weighted by Crippen LogP contribution is 2.34. The van der Waals surface area contributed by atoms with Crippen LogP contribution in [0.1, 0.15) is 49.4 Å². The summed E-state index contributed by atoms with van der Waals surface area (Å²) in [5.74, 6) is 2.01. The van der Waals surface area contributed by atoms with Crippen molar-refractivity contribution in [3.05, 3.63) is 29.8 Å². The number of unbranched alkanes of at least 4 members (excludes halogenated alkanes) is 1. The van der Waals surface area contributed by atoms with Gasteiger partial charge < -0.3 is 14.5 Å². The maximum atomic E-state index is 13.0. The minimum absolute atomic E-state index is 0.0471. The number of likely N-dealkylation sites (tertiary alicyclic amines) is 1. The van der Waals surface area contributed by atoms with Crippen LogP contribution in [0.4, 0.5) is 0 Å². The summed E-state index contributed by atoms with van der Waals surface area (Å²) in [4.78, 5) is 29.9. The Labute approximate surface area is 178 Å². The number of carbonyl (C=O) groups excluding carboxylic acids is 2. The Balaban J connectivity index is 1.68. The van der Waals surface area contributed by atoms with Gasteiger partial charge in [-0.1, -0.05) is 13.3 Å². The van der Waals surface area contributed by atoms with Crippen LogP contribution in [0.2, 0.25) is 0 Å². The van der Waals surface area contributed by atoms with Crippen LogP contribution in [0.3, 0.4) is 0 Å². The van der Waals surface area contributed by atoms with Gasteiger partial charge in [0.1, 0.15) is 5.75 Å². The van der Waals surface area contributed by atoms with E-state index in [0.717, 1.165) is 50.2 Å². The van der Waals surface area contributed by atoms with Crippen molar-refractivity contribution in [2.24, 2.45) is 0 Å². The van der Waals surface area contributed by atoms with Crippen LogP contribution >= 0.6 is 11.8 Å². The number of piperidine rings is 1. The van der Waals surface area contributed by atoms with E-state index in [9.17, 15) is 9.59 Å². The first kappa shape index (κ1) is 22.0. The smallest absolute Gasteiger partial charge is 0.253 e. The third kappa shape index (κ3) is 4.72. The molecule has 2 saturated heterocycles. The predicted molar refractivity (Wildman–Crippen MR) is 117 cm³/mol. The summed E-state index contributed by atoms with van der Waals surface area (Å²) in [5, 5.41) is 3.67. The molecule has 0 aromatic heterocycles. The van der Waals surface area contributed by atoms with Gasteiger partial charge in [0.2, 0.25) is 5.91 Å². The lowest BCUT2D eigenvalue weighted by atomic mass is 9.95. The molecule has 0 bridgehead atoms. The molecule has 1 spiro atoms. The number of nitrogens with one attached hydrogen (secondary N) is 1. The van der Waals surface area contributed by atoms with E-state index in [1.807, 2.05) is 29.2 Å². The lowest BCUT2D eigenvalue weighted by Gasteiger charge is -2.44. The average molecular weight is 420 g/mol. The molecular formula is C22H33N3O3S. The highest BCUT2D eigenvalue weighted by atomic mass is 32.2. The van der Waals surface area contributed by atoms with E-state index in [2.05, 4.69) is 23.4 Å². The molecule has 1 aromatic rings. The van der Waals surface area contributed by atoms with Crippen LogP contribution < -0.4 is 10.1 Å². The van der Waals surface area contributed by atoms with Crippen molar-refractivity contribution in [3.63, 3.8) is 0 Å². The molecule has 1 unspecified atom stereocenters. The quantitative estimate of drug-likeness (QED) is 0.702. The van der Waals surface area contributed by atoms with E-state index >= 15 is 0 Å². The number of hydrogen-bond donors (Lipinski definition) is 1. The molecular weight excluding hydrogens is 386 g/mol. The molecule has 2 aliphatic rings. The maximum Gasteiger partial charge on any atom is 0.253 e. The van der Waals surface area contributed by atoms with Crippen LogP contribution in [-0.4, -0.2) is 72.1 Å². The number of methoxy groups -OCH3 is 1. The van der Waals surface area contributed by atoms with E-state index in [4.69, 9.17) is 4.74 Å². The Kier molecular flexibility index (Phi) is 7.46. The van der Waals surface area contributed by atoms with E-state index in [-0.39, 0.29) is 23.5 Å². The first-order chi connectivity index (χ1) is 14.0. The summed E-state index contributed by atoms with van der Waals surface area (Å²) in [5.41, 5.74) is 0.379. The van der Waals surface area contributed by atoms with Crippen LogP contribution in [0.5, 0.6) is 5.75 Å². The largest absolute Gasteiger partial charge is 0.497 e. The minimum atomic E-state index is -0.300. The molecule has 7 heteroatoms. The van der Waals surface area contributed by atoms with Gasteiger partial charge in [0.15, 0.2) is 0 Å². The Bertz CT molecular complexity index is 702. The third-order valence-electron chi connectivity index (χ3n) is 6.08. The second-order valence-corrected chi connectivity index (χ2v) is 8.86. The Morgan fingerprint density at radius 3 is 2.55 bits per heavy atom. The van der Waals surface area contributed by atoms with Crippen molar-refractivity contribution in [1.29, 1.82) is 0 Å². The fourth-order valence-corrected chi connectivity index (χ4v) is 4.82. The topological polar surface area (TPSA) is 61.9 Å². The summed E-state index contributed by atoms with van der Waals surface area (Å²) < 4.78 is 5.18. The fraction of sp³-hybridized carbons (Fsp3) is 0.636. The predicted octanol–water partition coefficient (Wildman–Crippen LogP) is 2.98. The molecule has 6 nitrogen and oxygen atoms in total. The van der Waals surface area contributed by atoms with Crippen molar-refractivity contribution >= 4 is 23.6 Å². The lowest BCUT2D eigenvalue weighted by molar-refractivity contribution is -0.133. The normalized spacial score (nSPS) is 21.1. The van der Waals surface area contributed by atoms with Gasteiger partial charge in [-0.05, 0) is 49.1 Å². The summed E-state index contributed by atoms with van der Waals surface area (Å²) in [7, 11) is 1.62. The average Bonchev–Trinajstić information content (AvgIpc) is 3.01. The third-order valence-corrected chi connectivity index (χ3v) is 6.73. The Morgan fingerprint density at radius 2 is 1.97 bits per heavy atom. The Morgan fingerprint density at radius 1 is 1.28 bits per heavy atom. The molecule has 3 rings (SSSR count). The van der Waals surface area contributed by atoms with Crippen molar-refractivity contribution in [2.45, 2.75) is 50.7 Å². The number of benzene rings is 1. The number of hydrogen-bond acceptors (Lipinski definition) is 5. The molecule has 0 saturated carbocycles. The van der Waals surface area contributed by atoms with E-state index in [0.29, 0.717) is 18.7 Å². The molecule has 1 N–H and O–H groups in total. The fourth-order valence-electron chi connectivity index (χ4n) is 4.34. The molecule has 2 fully saturated rings. The second-order valence-electron chi connectivity index (χ2n) is 7.87. The SMILES string of the molecule is CCCCN1C(=O)C(CCSC)NC12CCN(C(=O)c1ccc(OC)cc1)CC2. The summed E-state index contributed by atoms with van der Waals surface area (Å²) in [6, 6.07) is 7.17. The molecule has 160 valence electrons. The zero-order valence-corrected chi connectivity index (χ0v) is 18.6. The van der Waals surface area contributed by atoms with Crippen LogP contribution in [0.15, 0.2) is 24.3 Å². The number of carbonyl (C=O) groups is 2. The van der Waals surface area contributed by atoms with E-state index in [1.54, 1.807) is 18.9 Å². The van der Waals surface area contributed by atoms with Gasteiger partial charge in [-0.25, -0.2) is 0 Å². The van der Waals surface area contributed by atoms with Gasteiger partial charge in [-0.2, -0.15) is 11.8 Å². The van der Waals surface area contributed by atoms with Crippen LogP contribution in [0, 0.1) is 0 Å². The van der Waals surface area contributed by atoms with Gasteiger partial charge in [-0.15, -0.1) is 0 Å². The van der Waals surface area contributed by atoms with Gasteiger partial charge in [-0.3, -0.25) is 14.9 Å². The standard InChI is InChI=1S/C22H33N3O3S/c1-4-5-13-25-21(27)19(10-16-29-3)23-22(25)11-14-24(15-12-22)20(26)17-6-8-18(28-2)9-7-17/h6-9,19,23H,4-5,10-16H2,1-3H3. The number of nitrogens with zero attached hydrogens (tertiary/aromatic N) is 2. The van der Waals surface area contributed by atoms with Gasteiger partial charge >= 0.3 is 0 Å². The zero-order valence-electron chi connectivity index (χ0n) is 17.8. The minimum Gasteiger partial charge on any atom is -0.497 e. The number of ether oxygens (including phenoxy) is 1. The number of thioether (sulfide) groups is 1. The lowest BCUT2D eigenvalue weighted by Crippen LogP contribution is -2.59. The molecule has 29 heavy (non-hydrogen) atoms. The van der Waals surface area contributed by atoms with Gasteiger partial charge in [0, 0.05) is 38.0 Å². The van der Waals surface area contributed by atoms with Crippen molar-refractivity contribution in [1.82, 2.24) is 15.1 Å². The number of rotatable bonds is 8. The van der Waals surface area contributed by atoms with Crippen molar-refractivity contribution < 1.29 is 14.3 Å². The summed E-state index contributed by atoms with van der Waals surface area (Å²) in [6.07, 6.45) is 6.57. The maximum absolute atomic E-state index is 13.0. The monoisotopic (exact) mass is 419 g/mol. The first-order valence-electron chi connectivity index (χ1n) is 10.6. The first-order valence-corrected chi connectivity index (χ1v) is 12.0. The highest BCUT2D eigenvalue weighted by molar-refractivity contribution is 7.98.